The smallest absolute Gasteiger partial charge is 0.341 e. The van der Waals surface area contributed by atoms with Gasteiger partial charge in [0, 0.05) is 16.3 Å². The molecule has 2 aromatic heterocycles. The Bertz CT molecular complexity index is 1490. The second kappa shape index (κ2) is 9.92. The predicted molar refractivity (Wildman–Crippen MR) is 134 cm³/mol. The fourth-order valence-corrected chi connectivity index (χ4v) is 4.01. The molecule has 0 saturated carbocycles. The molecule has 0 fully saturated rings. The zero-order valence-corrected chi connectivity index (χ0v) is 20.1. The largest absolute Gasteiger partial charge is 0.462 e. The van der Waals surface area contributed by atoms with Gasteiger partial charge in [-0.2, -0.15) is 0 Å². The van der Waals surface area contributed by atoms with Crippen molar-refractivity contribution in [2.45, 2.75) is 34.1 Å². The van der Waals surface area contributed by atoms with Gasteiger partial charge in [0.2, 0.25) is 5.95 Å². The maximum atomic E-state index is 13.1. The quantitative estimate of drug-likeness (QED) is 0.211. The summed E-state index contributed by atoms with van der Waals surface area (Å²) in [4.78, 5) is 50.4. The van der Waals surface area contributed by atoms with E-state index in [1.54, 1.807) is 50.2 Å². The predicted octanol–water partition coefficient (Wildman–Crippen LogP) is 3.91. The molecule has 3 N–H and O–H groups in total. The van der Waals surface area contributed by atoms with Gasteiger partial charge in [0.05, 0.1) is 29.1 Å². The van der Waals surface area contributed by atoms with Gasteiger partial charge in [-0.3, -0.25) is 20.4 Å². The molecule has 2 aromatic carbocycles. The zero-order chi connectivity index (χ0) is 25.1. The first kappa shape index (κ1) is 23.9. The number of ether oxygens (including phenoxy) is 1. The van der Waals surface area contributed by atoms with Crippen molar-refractivity contribution in [3.63, 3.8) is 0 Å². The van der Waals surface area contributed by atoms with Crippen molar-refractivity contribution < 1.29 is 14.3 Å². The van der Waals surface area contributed by atoms with Crippen LogP contribution in [0.25, 0.3) is 21.8 Å². The number of hydrazine groups is 1. The molecule has 0 aliphatic carbocycles. The summed E-state index contributed by atoms with van der Waals surface area (Å²) in [6, 6.07) is 12.1. The van der Waals surface area contributed by atoms with E-state index in [0.29, 0.717) is 50.7 Å². The number of hydrogen-bond acceptors (Lipinski definition) is 7. The van der Waals surface area contributed by atoms with Gasteiger partial charge >= 0.3 is 5.97 Å². The standard InChI is InChI=1S/C26H27N5O4/c1-5-35-25(34)21-15(4)27-26(29-20(21)13-14(2)3)31-30-24(33)18-11-8-10-17-22(18)28-19-12-7-6-9-16(19)23(17)32/h6-12,14H,5,13H2,1-4H3,(H,28,32)(H,30,33)(H,27,29,31). The van der Waals surface area contributed by atoms with Crippen molar-refractivity contribution in [2.24, 2.45) is 5.92 Å². The van der Waals surface area contributed by atoms with E-state index in [1.807, 2.05) is 19.9 Å². The van der Waals surface area contributed by atoms with E-state index < -0.39 is 11.9 Å². The van der Waals surface area contributed by atoms with E-state index in [4.69, 9.17) is 4.74 Å². The fraction of sp³-hybridized carbons (Fsp3) is 0.269. The minimum Gasteiger partial charge on any atom is -0.462 e. The van der Waals surface area contributed by atoms with Crippen molar-refractivity contribution in [3.8, 4) is 0 Å². The molecule has 9 nitrogen and oxygen atoms in total. The summed E-state index contributed by atoms with van der Waals surface area (Å²) in [6.07, 6.45) is 0.539. The van der Waals surface area contributed by atoms with Crippen LogP contribution in [0.4, 0.5) is 5.95 Å². The van der Waals surface area contributed by atoms with Crippen LogP contribution in [0, 0.1) is 12.8 Å². The first-order valence-electron chi connectivity index (χ1n) is 11.4. The summed E-state index contributed by atoms with van der Waals surface area (Å²) in [5.41, 5.74) is 7.91. The summed E-state index contributed by atoms with van der Waals surface area (Å²) in [6.45, 7) is 7.73. The Morgan fingerprint density at radius 3 is 2.54 bits per heavy atom. The number of rotatable bonds is 7. The monoisotopic (exact) mass is 473 g/mol. The number of amides is 1. The number of anilines is 1. The lowest BCUT2D eigenvalue weighted by atomic mass is 10.0. The number of benzene rings is 2. The molecule has 35 heavy (non-hydrogen) atoms. The van der Waals surface area contributed by atoms with Gasteiger partial charge < -0.3 is 9.72 Å². The molecular formula is C26H27N5O4. The zero-order valence-electron chi connectivity index (χ0n) is 20.1. The number of para-hydroxylation sites is 2. The Morgan fingerprint density at radius 1 is 1.06 bits per heavy atom. The Morgan fingerprint density at radius 2 is 1.80 bits per heavy atom. The average Bonchev–Trinajstić information content (AvgIpc) is 2.82. The highest BCUT2D eigenvalue weighted by molar-refractivity contribution is 6.07. The lowest BCUT2D eigenvalue weighted by molar-refractivity contribution is 0.0522. The van der Waals surface area contributed by atoms with E-state index in [-0.39, 0.29) is 23.9 Å². The van der Waals surface area contributed by atoms with Crippen LogP contribution in [-0.4, -0.2) is 33.4 Å². The summed E-state index contributed by atoms with van der Waals surface area (Å²) in [5.74, 6) is -0.549. The van der Waals surface area contributed by atoms with Crippen LogP contribution in [0.5, 0.6) is 0 Å². The summed E-state index contributed by atoms with van der Waals surface area (Å²) in [7, 11) is 0. The Balaban J connectivity index is 1.65. The van der Waals surface area contributed by atoms with E-state index in [1.165, 1.54) is 0 Å². The van der Waals surface area contributed by atoms with E-state index in [2.05, 4.69) is 25.8 Å². The molecule has 0 aliphatic heterocycles. The van der Waals surface area contributed by atoms with Gasteiger partial charge in [-0.1, -0.05) is 32.0 Å². The Labute approximate surface area is 201 Å². The molecule has 4 rings (SSSR count). The van der Waals surface area contributed by atoms with E-state index in [9.17, 15) is 14.4 Å². The number of pyridine rings is 1. The molecule has 180 valence electrons. The molecule has 0 radical (unpaired) electrons. The molecule has 0 unspecified atom stereocenters. The molecule has 4 aromatic rings. The van der Waals surface area contributed by atoms with Crippen LogP contribution >= 0.6 is 0 Å². The number of nitrogens with one attached hydrogen (secondary N) is 3. The van der Waals surface area contributed by atoms with Crippen LogP contribution in [0.15, 0.2) is 47.3 Å². The topological polar surface area (TPSA) is 126 Å². The summed E-state index contributed by atoms with van der Waals surface area (Å²) >= 11 is 0. The minimum absolute atomic E-state index is 0.149. The van der Waals surface area contributed by atoms with Crippen LogP contribution in [0.1, 0.15) is 52.9 Å². The molecule has 0 bridgehead atoms. The number of nitrogens with zero attached hydrogens (tertiary/aromatic N) is 2. The minimum atomic E-state index is -0.470. The molecule has 0 saturated heterocycles. The number of aryl methyl sites for hydroxylation is 1. The number of carbonyl (C=O) groups excluding carboxylic acids is 2. The van der Waals surface area contributed by atoms with Crippen molar-refractivity contribution in [2.75, 3.05) is 12.0 Å². The highest BCUT2D eigenvalue weighted by atomic mass is 16.5. The third-order valence-electron chi connectivity index (χ3n) is 5.52. The van der Waals surface area contributed by atoms with Crippen molar-refractivity contribution in [3.05, 3.63) is 75.2 Å². The Hall–Kier alpha value is -4.27. The average molecular weight is 474 g/mol. The lowest BCUT2D eigenvalue weighted by Crippen LogP contribution is -2.31. The first-order valence-corrected chi connectivity index (χ1v) is 11.4. The fourth-order valence-electron chi connectivity index (χ4n) is 4.01. The molecule has 0 atom stereocenters. The van der Waals surface area contributed by atoms with Crippen LogP contribution in [0.2, 0.25) is 0 Å². The highest BCUT2D eigenvalue weighted by Crippen LogP contribution is 2.20. The van der Waals surface area contributed by atoms with E-state index >= 15 is 0 Å². The molecule has 9 heteroatoms. The Kier molecular flexibility index (Phi) is 6.77. The third-order valence-corrected chi connectivity index (χ3v) is 5.52. The third kappa shape index (κ3) is 4.84. The van der Waals surface area contributed by atoms with Gasteiger partial charge in [0.15, 0.2) is 5.43 Å². The lowest BCUT2D eigenvalue weighted by Gasteiger charge is -2.15. The number of fused-ring (bicyclic) bond motifs is 2. The van der Waals surface area contributed by atoms with Crippen LogP contribution < -0.4 is 16.3 Å². The van der Waals surface area contributed by atoms with Crippen LogP contribution in [-0.2, 0) is 11.2 Å². The van der Waals surface area contributed by atoms with Gasteiger partial charge in [-0.25, -0.2) is 14.8 Å². The van der Waals surface area contributed by atoms with Crippen molar-refractivity contribution >= 4 is 39.6 Å². The number of aromatic amines is 1. The van der Waals surface area contributed by atoms with Crippen molar-refractivity contribution in [1.82, 2.24) is 20.4 Å². The molecule has 0 aliphatic rings. The number of H-pyrrole nitrogens is 1. The normalized spacial score (nSPS) is 11.1. The summed E-state index contributed by atoms with van der Waals surface area (Å²) in [5, 5.41) is 0.973. The first-order chi connectivity index (χ1) is 16.8. The number of esters is 1. The van der Waals surface area contributed by atoms with Crippen molar-refractivity contribution in [1.29, 1.82) is 0 Å². The number of aromatic nitrogens is 3. The maximum absolute atomic E-state index is 13.1. The molecule has 0 spiro atoms. The van der Waals surface area contributed by atoms with Gasteiger partial charge in [0.1, 0.15) is 5.56 Å². The van der Waals surface area contributed by atoms with Gasteiger partial charge in [-0.05, 0) is 50.5 Å². The van der Waals surface area contributed by atoms with Crippen LogP contribution in [0.3, 0.4) is 0 Å². The molecular weight excluding hydrogens is 446 g/mol. The second-order valence-electron chi connectivity index (χ2n) is 8.58. The second-order valence-corrected chi connectivity index (χ2v) is 8.58. The molecule has 1 amide bonds. The number of hydrogen-bond donors (Lipinski definition) is 3. The highest BCUT2D eigenvalue weighted by Gasteiger charge is 2.21. The summed E-state index contributed by atoms with van der Waals surface area (Å²) < 4.78 is 5.17. The maximum Gasteiger partial charge on any atom is 0.341 e. The van der Waals surface area contributed by atoms with Gasteiger partial charge in [0.25, 0.3) is 5.91 Å². The molecule has 2 heterocycles. The van der Waals surface area contributed by atoms with Gasteiger partial charge in [-0.15, -0.1) is 0 Å². The number of carbonyl (C=O) groups is 2. The van der Waals surface area contributed by atoms with E-state index in [0.717, 1.165) is 0 Å². The SMILES string of the molecule is CCOC(=O)c1c(C)nc(NNC(=O)c2cccc3c(=O)c4ccccc4[nH]c23)nc1CC(C)C.